The third kappa shape index (κ3) is 2.25. The molecule has 0 aliphatic carbocycles. The van der Waals surface area contributed by atoms with Gasteiger partial charge in [0, 0.05) is 43.7 Å². The first-order chi connectivity index (χ1) is 9.02. The van der Waals surface area contributed by atoms with E-state index in [9.17, 15) is 8.78 Å². The van der Waals surface area contributed by atoms with E-state index in [-0.39, 0.29) is 5.65 Å². The Hall–Kier alpha value is -1.76. The van der Waals surface area contributed by atoms with Gasteiger partial charge in [-0.05, 0) is 15.9 Å². The Morgan fingerprint density at radius 1 is 1.26 bits per heavy atom. The van der Waals surface area contributed by atoms with Crippen LogP contribution in [0.15, 0.2) is 29.3 Å². The number of imidazole rings is 1. The summed E-state index contributed by atoms with van der Waals surface area (Å²) >= 11 is 3.34. The molecule has 0 saturated carbocycles. The molecule has 0 unspecified atom stereocenters. The van der Waals surface area contributed by atoms with Crippen molar-refractivity contribution in [2.24, 2.45) is 7.05 Å². The van der Waals surface area contributed by atoms with Crippen molar-refractivity contribution in [3.8, 4) is 0 Å². The summed E-state index contributed by atoms with van der Waals surface area (Å²) in [5.41, 5.74) is 1.71. The minimum Gasteiger partial charge on any atom is -0.301 e. The van der Waals surface area contributed by atoms with Gasteiger partial charge in [-0.3, -0.25) is 4.68 Å². The van der Waals surface area contributed by atoms with Gasteiger partial charge in [0.15, 0.2) is 11.5 Å². The molecule has 19 heavy (non-hydrogen) atoms. The van der Waals surface area contributed by atoms with Crippen LogP contribution >= 0.6 is 15.9 Å². The Morgan fingerprint density at radius 2 is 2.05 bits per heavy atom. The second-order valence-corrected chi connectivity index (χ2v) is 5.02. The van der Waals surface area contributed by atoms with E-state index in [1.54, 1.807) is 10.9 Å². The zero-order chi connectivity index (χ0) is 13.6. The van der Waals surface area contributed by atoms with E-state index in [2.05, 4.69) is 26.0 Å². The summed E-state index contributed by atoms with van der Waals surface area (Å²) in [6.45, 7) is 0. The van der Waals surface area contributed by atoms with E-state index >= 15 is 0 Å². The Bertz CT molecular complexity index is 763. The Labute approximate surface area is 115 Å². The lowest BCUT2D eigenvalue weighted by Gasteiger charge is -1.93. The van der Waals surface area contributed by atoms with Crippen LogP contribution in [0.5, 0.6) is 0 Å². The molecule has 0 amide bonds. The topological polar surface area (TPSA) is 35.1 Å². The van der Waals surface area contributed by atoms with Crippen LogP contribution in [0.3, 0.4) is 0 Å². The second-order valence-electron chi connectivity index (χ2n) is 4.26. The number of nitrogens with zero attached hydrogens (tertiary/aromatic N) is 4. The molecule has 0 radical (unpaired) electrons. The summed E-state index contributed by atoms with van der Waals surface area (Å²) in [5, 5.41) is 4.16. The van der Waals surface area contributed by atoms with Crippen LogP contribution in [-0.4, -0.2) is 19.2 Å². The average molecular weight is 327 g/mol. The number of fused-ring (bicyclic) bond motifs is 1. The lowest BCUT2D eigenvalue weighted by Crippen LogP contribution is -1.89. The van der Waals surface area contributed by atoms with Gasteiger partial charge in [0.05, 0.1) is 5.69 Å². The third-order valence-electron chi connectivity index (χ3n) is 2.75. The third-order valence-corrected chi connectivity index (χ3v) is 3.42. The van der Waals surface area contributed by atoms with Gasteiger partial charge in [0.1, 0.15) is 10.4 Å². The van der Waals surface area contributed by atoms with Crippen molar-refractivity contribution < 1.29 is 8.78 Å². The number of hydrogen-bond donors (Lipinski definition) is 0. The van der Waals surface area contributed by atoms with Crippen LogP contribution in [0.4, 0.5) is 8.78 Å². The number of rotatable bonds is 2. The summed E-state index contributed by atoms with van der Waals surface area (Å²) in [7, 11) is 1.81. The predicted octanol–water partition coefficient (Wildman–Crippen LogP) is 2.70. The number of halogens is 3. The van der Waals surface area contributed by atoms with Crippen LogP contribution in [0.25, 0.3) is 5.65 Å². The van der Waals surface area contributed by atoms with E-state index in [0.717, 1.165) is 16.2 Å². The van der Waals surface area contributed by atoms with Crippen LogP contribution < -0.4 is 0 Å². The fourth-order valence-corrected chi connectivity index (χ4v) is 2.48. The second kappa shape index (κ2) is 4.41. The zero-order valence-electron chi connectivity index (χ0n) is 9.94. The highest BCUT2D eigenvalue weighted by atomic mass is 79.9. The molecule has 0 bridgehead atoms. The maximum Gasteiger partial charge on any atom is 0.173 e. The number of hydrogen-bond acceptors (Lipinski definition) is 2. The monoisotopic (exact) mass is 326 g/mol. The molecule has 0 aliphatic rings. The molecular weight excluding hydrogens is 318 g/mol. The lowest BCUT2D eigenvalue weighted by molar-refractivity contribution is 0.576. The fraction of sp³-hybridized carbons (Fsp3) is 0.167. The Morgan fingerprint density at radius 3 is 2.74 bits per heavy atom. The minimum atomic E-state index is -0.670. The highest BCUT2D eigenvalue weighted by molar-refractivity contribution is 9.10. The molecule has 98 valence electrons. The van der Waals surface area contributed by atoms with E-state index < -0.39 is 11.6 Å². The Balaban J connectivity index is 2.02. The van der Waals surface area contributed by atoms with Gasteiger partial charge in [0.25, 0.3) is 0 Å². The molecular formula is C12H9BrF2N4. The van der Waals surface area contributed by atoms with Crippen molar-refractivity contribution in [2.75, 3.05) is 0 Å². The molecule has 0 atom stereocenters. The molecule has 3 rings (SSSR count). The predicted molar refractivity (Wildman–Crippen MR) is 68.8 cm³/mol. The normalized spacial score (nSPS) is 11.4. The van der Waals surface area contributed by atoms with Gasteiger partial charge in [-0.25, -0.2) is 13.8 Å². The first kappa shape index (κ1) is 12.3. The highest BCUT2D eigenvalue weighted by Gasteiger charge is 2.11. The fourth-order valence-electron chi connectivity index (χ4n) is 1.98. The number of aryl methyl sites for hydroxylation is 1. The summed E-state index contributed by atoms with van der Waals surface area (Å²) in [5.74, 6) is -1.30. The molecule has 0 aromatic carbocycles. The Kier molecular flexibility index (Phi) is 2.85. The molecule has 3 aromatic rings. The van der Waals surface area contributed by atoms with Gasteiger partial charge in [-0.2, -0.15) is 5.10 Å². The maximum atomic E-state index is 13.5. The van der Waals surface area contributed by atoms with E-state index in [1.165, 1.54) is 10.6 Å². The molecule has 7 heteroatoms. The summed E-state index contributed by atoms with van der Waals surface area (Å²) < 4.78 is 30.4. The van der Waals surface area contributed by atoms with E-state index in [0.29, 0.717) is 12.1 Å². The molecule has 4 nitrogen and oxygen atoms in total. The van der Waals surface area contributed by atoms with Crippen molar-refractivity contribution in [1.29, 1.82) is 0 Å². The molecule has 0 fully saturated rings. The van der Waals surface area contributed by atoms with Crippen LogP contribution in [0.2, 0.25) is 0 Å². The molecule has 0 aliphatic heterocycles. The standard InChI is InChI=1S/C12H9BrF2N4/c1-18-4-7(11(13)17-18)2-9-6-19-5-8(14)3-10(15)12(19)16-9/h3-6H,2H2,1H3. The zero-order valence-corrected chi connectivity index (χ0v) is 11.5. The van der Waals surface area contributed by atoms with Crippen LogP contribution in [-0.2, 0) is 13.5 Å². The van der Waals surface area contributed by atoms with E-state index in [1.807, 2.05) is 13.2 Å². The average Bonchev–Trinajstić information content (AvgIpc) is 2.83. The largest absolute Gasteiger partial charge is 0.301 e. The minimum absolute atomic E-state index is 0.122. The molecule has 3 aromatic heterocycles. The van der Waals surface area contributed by atoms with Crippen molar-refractivity contribution in [3.05, 3.63) is 52.2 Å². The lowest BCUT2D eigenvalue weighted by atomic mass is 10.2. The van der Waals surface area contributed by atoms with E-state index in [4.69, 9.17) is 0 Å². The van der Waals surface area contributed by atoms with Gasteiger partial charge in [0.2, 0.25) is 0 Å². The van der Waals surface area contributed by atoms with Crippen molar-refractivity contribution in [1.82, 2.24) is 19.2 Å². The highest BCUT2D eigenvalue weighted by Crippen LogP contribution is 2.19. The van der Waals surface area contributed by atoms with Crippen molar-refractivity contribution in [3.63, 3.8) is 0 Å². The SMILES string of the molecule is Cn1cc(Cc2cn3cc(F)cc(F)c3n2)c(Br)n1. The summed E-state index contributed by atoms with van der Waals surface area (Å²) in [4.78, 5) is 4.16. The number of pyridine rings is 1. The van der Waals surface area contributed by atoms with Gasteiger partial charge in [-0.1, -0.05) is 0 Å². The molecule has 3 heterocycles. The quantitative estimate of drug-likeness (QED) is 0.725. The van der Waals surface area contributed by atoms with Gasteiger partial charge in [-0.15, -0.1) is 0 Å². The molecule has 0 spiro atoms. The number of aromatic nitrogens is 4. The smallest absolute Gasteiger partial charge is 0.173 e. The molecule has 0 saturated heterocycles. The first-order valence-corrected chi connectivity index (χ1v) is 6.33. The van der Waals surface area contributed by atoms with Crippen LogP contribution in [0, 0.1) is 11.6 Å². The van der Waals surface area contributed by atoms with Gasteiger partial charge >= 0.3 is 0 Å². The summed E-state index contributed by atoms with van der Waals surface area (Å²) in [6.07, 6.45) is 5.16. The van der Waals surface area contributed by atoms with Gasteiger partial charge < -0.3 is 4.40 Å². The molecule has 0 N–H and O–H groups in total. The van der Waals surface area contributed by atoms with Crippen molar-refractivity contribution >= 4 is 21.6 Å². The first-order valence-electron chi connectivity index (χ1n) is 5.53. The van der Waals surface area contributed by atoms with Crippen molar-refractivity contribution in [2.45, 2.75) is 6.42 Å². The van der Waals surface area contributed by atoms with Crippen LogP contribution in [0.1, 0.15) is 11.3 Å². The summed E-state index contributed by atoms with van der Waals surface area (Å²) in [6, 6.07) is 0.825. The maximum absolute atomic E-state index is 13.5.